The first-order valence-corrected chi connectivity index (χ1v) is 11.8. The average molecular weight is 445 g/mol. The van der Waals surface area contributed by atoms with Crippen LogP contribution in [0, 0.1) is 0 Å². The fraction of sp³-hybridized carbons (Fsp3) is 0.400. The van der Waals surface area contributed by atoms with Crippen LogP contribution < -0.4 is 16.0 Å². The van der Waals surface area contributed by atoms with Crippen LogP contribution in [0.5, 0.6) is 0 Å². The van der Waals surface area contributed by atoms with Gasteiger partial charge in [0.1, 0.15) is 18.1 Å². The highest BCUT2D eigenvalue weighted by Crippen LogP contribution is 2.16. The number of rotatable bonds is 6. The van der Waals surface area contributed by atoms with Crippen molar-refractivity contribution in [2.24, 2.45) is 10.7 Å². The Morgan fingerprint density at radius 3 is 2.52 bits per heavy atom. The van der Waals surface area contributed by atoms with E-state index in [1.54, 1.807) is 0 Å². The number of hydrogen-bond acceptors (Lipinski definition) is 9. The molecule has 2 aliphatic heterocycles. The number of nitrogens with zero attached hydrogens (tertiary/aromatic N) is 4. The fourth-order valence-corrected chi connectivity index (χ4v) is 4.61. The highest BCUT2D eigenvalue weighted by atomic mass is 32.2. The van der Waals surface area contributed by atoms with Gasteiger partial charge in [-0.2, -0.15) is 0 Å². The number of carbonyl (C=O) groups excluding carboxylic acids is 1. The third-order valence-corrected chi connectivity index (χ3v) is 6.86. The third kappa shape index (κ3) is 5.48. The minimum atomic E-state index is -2.96. The number of aryl methyl sites for hydroxylation is 1. The van der Waals surface area contributed by atoms with E-state index in [2.05, 4.69) is 20.3 Å². The lowest BCUT2D eigenvalue weighted by Gasteiger charge is -2.27. The Morgan fingerprint density at radius 1 is 1.16 bits per heavy atom. The van der Waals surface area contributed by atoms with Crippen LogP contribution in [0.2, 0.25) is 0 Å². The van der Waals surface area contributed by atoms with Gasteiger partial charge in [0.25, 0.3) is 11.9 Å². The maximum atomic E-state index is 12.5. The summed E-state index contributed by atoms with van der Waals surface area (Å²) in [5.41, 5.74) is 7.50. The summed E-state index contributed by atoms with van der Waals surface area (Å²) < 4.78 is 28.2. The Hall–Kier alpha value is -3.21. The van der Waals surface area contributed by atoms with Crippen LogP contribution in [-0.4, -0.2) is 67.6 Å². The molecule has 4 rings (SSSR count). The van der Waals surface area contributed by atoms with E-state index in [0.29, 0.717) is 31.2 Å². The number of amides is 1. The first kappa shape index (κ1) is 21.0. The Bertz CT molecular complexity index is 1060. The number of aliphatic imine (C=N–C) groups is 1. The molecule has 0 radical (unpaired) electrons. The van der Waals surface area contributed by atoms with Crippen LogP contribution in [0.1, 0.15) is 22.5 Å². The van der Waals surface area contributed by atoms with Crippen molar-refractivity contribution in [3.8, 4) is 0 Å². The average Bonchev–Trinajstić information content (AvgIpc) is 3.18. The minimum Gasteiger partial charge on any atom is -0.463 e. The molecule has 1 aromatic carbocycles. The SMILES string of the molecule is NC1=NC(CCc2ccc(NC(=O)c3cnc(N4CCS(=O)(=O)CC4)cn3)cc2)CO1. The lowest BCUT2D eigenvalue weighted by atomic mass is 10.1. The Kier molecular flexibility index (Phi) is 6.03. The Labute approximate surface area is 180 Å². The molecule has 1 saturated heterocycles. The van der Waals surface area contributed by atoms with Crippen LogP contribution in [0.25, 0.3) is 0 Å². The second-order valence-electron chi connectivity index (χ2n) is 7.52. The standard InChI is InChI=1S/C20H24N6O4S/c21-20-25-16(13-30-20)6-3-14-1-4-15(5-2-14)24-19(27)17-11-23-18(12-22-17)26-7-9-31(28,29)10-8-26/h1-2,4-5,11-12,16H,3,6-10,13H2,(H2,21,25)(H,24,27). The van der Waals surface area contributed by atoms with Crippen molar-refractivity contribution in [3.05, 3.63) is 47.9 Å². The molecular formula is C20H24N6O4S. The molecule has 1 unspecified atom stereocenters. The van der Waals surface area contributed by atoms with E-state index in [4.69, 9.17) is 10.5 Å². The summed E-state index contributed by atoms with van der Waals surface area (Å²) in [4.78, 5) is 27.0. The molecule has 1 amide bonds. The lowest BCUT2D eigenvalue weighted by molar-refractivity contribution is 0.102. The summed E-state index contributed by atoms with van der Waals surface area (Å²) >= 11 is 0. The molecule has 10 nitrogen and oxygen atoms in total. The third-order valence-electron chi connectivity index (χ3n) is 5.25. The van der Waals surface area contributed by atoms with E-state index in [0.717, 1.165) is 18.4 Å². The number of aromatic nitrogens is 2. The Balaban J connectivity index is 1.29. The maximum absolute atomic E-state index is 12.5. The van der Waals surface area contributed by atoms with Gasteiger partial charge in [-0.25, -0.2) is 23.4 Å². The van der Waals surface area contributed by atoms with E-state index >= 15 is 0 Å². The van der Waals surface area contributed by atoms with Crippen LogP contribution in [0.3, 0.4) is 0 Å². The minimum absolute atomic E-state index is 0.0928. The van der Waals surface area contributed by atoms with Crippen LogP contribution in [-0.2, 0) is 21.0 Å². The highest BCUT2D eigenvalue weighted by Gasteiger charge is 2.23. The zero-order valence-corrected chi connectivity index (χ0v) is 17.7. The molecule has 3 heterocycles. The van der Waals surface area contributed by atoms with Crippen molar-refractivity contribution in [2.45, 2.75) is 18.9 Å². The molecule has 31 heavy (non-hydrogen) atoms. The molecule has 3 N–H and O–H groups in total. The van der Waals surface area contributed by atoms with Gasteiger partial charge in [0.15, 0.2) is 9.84 Å². The van der Waals surface area contributed by atoms with E-state index in [1.807, 2.05) is 29.2 Å². The number of hydrogen-bond donors (Lipinski definition) is 2. The number of anilines is 2. The maximum Gasteiger partial charge on any atom is 0.282 e. The number of carbonyl (C=O) groups is 1. The van der Waals surface area contributed by atoms with Gasteiger partial charge in [0.05, 0.1) is 29.9 Å². The van der Waals surface area contributed by atoms with Crippen molar-refractivity contribution < 1.29 is 17.9 Å². The predicted octanol–water partition coefficient (Wildman–Crippen LogP) is 0.610. The smallest absolute Gasteiger partial charge is 0.282 e. The molecule has 0 aliphatic carbocycles. The summed E-state index contributed by atoms with van der Waals surface area (Å²) in [5, 5.41) is 2.81. The van der Waals surface area contributed by atoms with Crippen molar-refractivity contribution in [1.29, 1.82) is 0 Å². The van der Waals surface area contributed by atoms with Gasteiger partial charge in [0.2, 0.25) is 0 Å². The molecule has 0 bridgehead atoms. The number of nitrogens with one attached hydrogen (secondary N) is 1. The fourth-order valence-electron chi connectivity index (χ4n) is 3.41. The molecule has 11 heteroatoms. The molecule has 1 atom stereocenters. The van der Waals surface area contributed by atoms with Gasteiger partial charge in [-0.1, -0.05) is 12.1 Å². The molecule has 0 saturated carbocycles. The van der Waals surface area contributed by atoms with Crippen molar-refractivity contribution >= 4 is 33.3 Å². The molecule has 0 spiro atoms. The van der Waals surface area contributed by atoms with Gasteiger partial charge in [-0.15, -0.1) is 0 Å². The van der Waals surface area contributed by atoms with Crippen molar-refractivity contribution in [1.82, 2.24) is 9.97 Å². The number of amidine groups is 1. The second-order valence-corrected chi connectivity index (χ2v) is 9.82. The van der Waals surface area contributed by atoms with Crippen LogP contribution in [0.4, 0.5) is 11.5 Å². The monoisotopic (exact) mass is 444 g/mol. The number of nitrogens with two attached hydrogens (primary N) is 1. The lowest BCUT2D eigenvalue weighted by Crippen LogP contribution is -2.40. The quantitative estimate of drug-likeness (QED) is 0.660. The second kappa shape index (κ2) is 8.88. The van der Waals surface area contributed by atoms with Gasteiger partial charge >= 0.3 is 0 Å². The van der Waals surface area contributed by atoms with E-state index < -0.39 is 9.84 Å². The summed E-state index contributed by atoms with van der Waals surface area (Å²) in [5.74, 6) is 0.404. The molecule has 164 valence electrons. The van der Waals surface area contributed by atoms with Gasteiger partial charge in [0, 0.05) is 18.8 Å². The topological polar surface area (TPSA) is 140 Å². The van der Waals surface area contributed by atoms with Crippen molar-refractivity contribution in [2.75, 3.05) is 41.4 Å². The predicted molar refractivity (Wildman–Crippen MR) is 117 cm³/mol. The number of ether oxygens (including phenoxy) is 1. The van der Waals surface area contributed by atoms with Gasteiger partial charge in [-0.3, -0.25) is 4.79 Å². The number of sulfone groups is 1. The first-order chi connectivity index (χ1) is 14.9. The molecule has 2 aromatic rings. The van der Waals surface area contributed by atoms with Gasteiger partial charge < -0.3 is 20.7 Å². The number of benzene rings is 1. The van der Waals surface area contributed by atoms with E-state index in [-0.39, 0.29) is 35.2 Å². The molecule has 1 fully saturated rings. The largest absolute Gasteiger partial charge is 0.463 e. The van der Waals surface area contributed by atoms with Crippen LogP contribution in [0.15, 0.2) is 41.7 Å². The van der Waals surface area contributed by atoms with E-state index in [9.17, 15) is 13.2 Å². The van der Waals surface area contributed by atoms with Gasteiger partial charge in [-0.05, 0) is 30.5 Å². The van der Waals surface area contributed by atoms with Crippen molar-refractivity contribution in [3.63, 3.8) is 0 Å². The van der Waals surface area contributed by atoms with Crippen LogP contribution >= 0.6 is 0 Å². The highest BCUT2D eigenvalue weighted by molar-refractivity contribution is 7.91. The first-order valence-electron chi connectivity index (χ1n) is 10.0. The summed E-state index contributed by atoms with van der Waals surface area (Å²) in [6.45, 7) is 1.28. The molecule has 2 aliphatic rings. The molecular weight excluding hydrogens is 420 g/mol. The summed E-state index contributed by atoms with van der Waals surface area (Å²) in [6, 6.07) is 7.94. The summed E-state index contributed by atoms with van der Waals surface area (Å²) in [6.07, 6.45) is 4.58. The zero-order chi connectivity index (χ0) is 21.8. The zero-order valence-electron chi connectivity index (χ0n) is 16.9. The van der Waals surface area contributed by atoms with E-state index in [1.165, 1.54) is 12.4 Å². The Morgan fingerprint density at radius 2 is 1.90 bits per heavy atom. The summed E-state index contributed by atoms with van der Waals surface area (Å²) in [7, 11) is -2.96. The molecule has 1 aromatic heterocycles. The normalized spacial score (nSPS) is 20.1.